The molecule has 2 aliphatic rings. The zero-order chi connectivity index (χ0) is 6.97. The first-order chi connectivity index (χ1) is 4.88. The normalized spacial score (nSPS) is 26.5. The Balaban J connectivity index is 2.11. The lowest BCUT2D eigenvalue weighted by Gasteiger charge is -2.33. The molecule has 3 heteroatoms. The number of piperazine rings is 1. The number of nitrogens with one attached hydrogen (secondary N) is 1. The van der Waals surface area contributed by atoms with Crippen LogP contribution >= 0.6 is 0 Å². The van der Waals surface area contributed by atoms with E-state index in [4.69, 9.17) is 0 Å². The van der Waals surface area contributed by atoms with Crippen molar-refractivity contribution in [2.75, 3.05) is 33.2 Å². The number of hydrogen-bond acceptors (Lipinski definition) is 3. The van der Waals surface area contributed by atoms with Gasteiger partial charge in [-0.25, -0.2) is 5.01 Å². The summed E-state index contributed by atoms with van der Waals surface area (Å²) in [5.74, 6) is 0. The van der Waals surface area contributed by atoms with Crippen molar-refractivity contribution in [3.8, 4) is 0 Å². The minimum Gasteiger partial charge on any atom is -0.309 e. The molecule has 0 unspecified atom stereocenters. The Kier molecular flexibility index (Phi) is 1.39. The van der Waals surface area contributed by atoms with E-state index in [0.717, 1.165) is 26.2 Å². The van der Waals surface area contributed by atoms with Gasteiger partial charge in [-0.1, -0.05) is 0 Å². The van der Waals surface area contributed by atoms with Crippen LogP contribution in [0, 0.1) is 0 Å². The highest BCUT2D eigenvalue weighted by Gasteiger charge is 2.21. The summed E-state index contributed by atoms with van der Waals surface area (Å²) in [7, 11) is 2.13. The molecule has 0 atom stereocenters. The van der Waals surface area contributed by atoms with Gasteiger partial charge in [0.2, 0.25) is 0 Å². The summed E-state index contributed by atoms with van der Waals surface area (Å²) in [6, 6.07) is 0. The van der Waals surface area contributed by atoms with Gasteiger partial charge in [-0.05, 0) is 6.08 Å². The summed E-state index contributed by atoms with van der Waals surface area (Å²) in [5, 5.41) is 7.94. The molecule has 1 N–H and O–H groups in total. The fourth-order valence-corrected chi connectivity index (χ4v) is 1.54. The molecule has 1 saturated heterocycles. The minimum atomic E-state index is 1.05. The number of likely N-dealkylation sites (N-methyl/N-ethyl adjacent to an activating group) is 1. The van der Waals surface area contributed by atoms with Gasteiger partial charge < -0.3 is 10.3 Å². The second kappa shape index (κ2) is 2.25. The summed E-state index contributed by atoms with van der Waals surface area (Å²) >= 11 is 0. The maximum atomic E-state index is 3.34. The van der Waals surface area contributed by atoms with E-state index in [1.807, 2.05) is 0 Å². The topological polar surface area (TPSA) is 18.5 Å². The largest absolute Gasteiger partial charge is 0.309 e. The average molecular weight is 139 g/mol. The molecule has 0 aromatic rings. The van der Waals surface area contributed by atoms with Crippen LogP contribution in [0.15, 0.2) is 11.8 Å². The van der Waals surface area contributed by atoms with Gasteiger partial charge in [0, 0.05) is 38.9 Å². The van der Waals surface area contributed by atoms with Gasteiger partial charge in [0.15, 0.2) is 0 Å². The molecule has 0 radical (unpaired) electrons. The summed E-state index contributed by atoms with van der Waals surface area (Å²) in [4.78, 5) is 0. The van der Waals surface area contributed by atoms with Crippen molar-refractivity contribution >= 4 is 0 Å². The third-order valence-electron chi connectivity index (χ3n) is 2.14. The van der Waals surface area contributed by atoms with E-state index in [1.54, 1.807) is 0 Å². The van der Waals surface area contributed by atoms with Gasteiger partial charge in [0.25, 0.3) is 0 Å². The van der Waals surface area contributed by atoms with Gasteiger partial charge in [-0.3, -0.25) is 0 Å². The molecule has 0 amide bonds. The van der Waals surface area contributed by atoms with Gasteiger partial charge in [0.1, 0.15) is 0 Å². The smallest absolute Gasteiger partial charge is 0.0469 e. The lowest BCUT2D eigenvalue weighted by Crippen LogP contribution is -2.45. The van der Waals surface area contributed by atoms with Crippen LogP contribution < -0.4 is 5.32 Å². The summed E-state index contributed by atoms with van der Waals surface area (Å²) in [6.45, 7) is 4.37. The number of fused-ring (bicyclic) bond motifs is 1. The molecule has 10 heavy (non-hydrogen) atoms. The Labute approximate surface area is 61.3 Å². The van der Waals surface area contributed by atoms with Gasteiger partial charge in [-0.15, -0.1) is 0 Å². The first-order valence-electron chi connectivity index (χ1n) is 3.76. The lowest BCUT2D eigenvalue weighted by molar-refractivity contribution is 0.0583. The second-order valence-electron chi connectivity index (χ2n) is 2.84. The summed E-state index contributed by atoms with van der Waals surface area (Å²) < 4.78 is 0. The van der Waals surface area contributed by atoms with Crippen molar-refractivity contribution in [1.82, 2.24) is 15.3 Å². The zero-order valence-electron chi connectivity index (χ0n) is 6.30. The maximum absolute atomic E-state index is 3.34. The molecule has 0 saturated carbocycles. The monoisotopic (exact) mass is 139 g/mol. The third-order valence-corrected chi connectivity index (χ3v) is 2.14. The van der Waals surface area contributed by atoms with Crippen molar-refractivity contribution < 1.29 is 0 Å². The van der Waals surface area contributed by atoms with Crippen molar-refractivity contribution in [2.24, 2.45) is 0 Å². The fourth-order valence-electron chi connectivity index (χ4n) is 1.54. The van der Waals surface area contributed by atoms with Crippen LogP contribution in [0.25, 0.3) is 0 Å². The highest BCUT2D eigenvalue weighted by atomic mass is 15.6. The molecule has 0 aliphatic carbocycles. The van der Waals surface area contributed by atoms with E-state index >= 15 is 0 Å². The fraction of sp³-hybridized carbons (Fsp3) is 0.714. The zero-order valence-corrected chi connectivity index (χ0v) is 6.30. The van der Waals surface area contributed by atoms with Gasteiger partial charge >= 0.3 is 0 Å². The Hall–Kier alpha value is -0.540. The number of nitrogens with zero attached hydrogens (tertiary/aromatic N) is 2. The predicted octanol–water partition coefficient (Wildman–Crippen LogP) is -0.364. The highest BCUT2D eigenvalue weighted by Crippen LogP contribution is 2.15. The second-order valence-corrected chi connectivity index (χ2v) is 2.84. The lowest BCUT2D eigenvalue weighted by atomic mass is 10.3. The quantitative estimate of drug-likeness (QED) is 0.494. The Morgan fingerprint density at radius 3 is 3.30 bits per heavy atom. The van der Waals surface area contributed by atoms with Gasteiger partial charge in [0.05, 0.1) is 0 Å². The van der Waals surface area contributed by atoms with Crippen LogP contribution in [0.4, 0.5) is 0 Å². The maximum Gasteiger partial charge on any atom is 0.0469 e. The van der Waals surface area contributed by atoms with Crippen LogP contribution in [-0.4, -0.2) is 43.2 Å². The van der Waals surface area contributed by atoms with Crippen LogP contribution in [0.5, 0.6) is 0 Å². The molecule has 2 heterocycles. The van der Waals surface area contributed by atoms with E-state index < -0.39 is 0 Å². The van der Waals surface area contributed by atoms with Crippen molar-refractivity contribution in [3.05, 3.63) is 11.8 Å². The first kappa shape index (κ1) is 6.19. The molecule has 0 spiro atoms. The first-order valence-corrected chi connectivity index (χ1v) is 3.76. The van der Waals surface area contributed by atoms with Crippen molar-refractivity contribution in [3.63, 3.8) is 0 Å². The summed E-state index contributed by atoms with van der Waals surface area (Å²) in [5.41, 5.74) is 1.44. The average Bonchev–Trinajstić information content (AvgIpc) is 2.34. The van der Waals surface area contributed by atoms with E-state index in [2.05, 4.69) is 28.5 Å². The molecule has 3 nitrogen and oxygen atoms in total. The third kappa shape index (κ3) is 0.822. The van der Waals surface area contributed by atoms with E-state index in [-0.39, 0.29) is 0 Å². The predicted molar refractivity (Wildman–Crippen MR) is 40.3 cm³/mol. The summed E-state index contributed by atoms with van der Waals surface area (Å²) in [6.07, 6.45) is 2.28. The molecule has 0 aromatic carbocycles. The minimum absolute atomic E-state index is 1.05. The number of hydrazine groups is 1. The van der Waals surface area contributed by atoms with E-state index in [0.29, 0.717) is 0 Å². The van der Waals surface area contributed by atoms with Crippen molar-refractivity contribution in [2.45, 2.75) is 0 Å². The molecule has 0 aromatic heterocycles. The van der Waals surface area contributed by atoms with Crippen LogP contribution in [0.1, 0.15) is 0 Å². The highest BCUT2D eigenvalue weighted by molar-refractivity contribution is 5.10. The van der Waals surface area contributed by atoms with E-state index in [9.17, 15) is 0 Å². The Morgan fingerprint density at radius 1 is 1.60 bits per heavy atom. The molecule has 0 bridgehead atoms. The van der Waals surface area contributed by atoms with Crippen LogP contribution in [0.2, 0.25) is 0 Å². The standard InChI is InChI=1S/C7H13N3/c1-9-4-2-7-6-8-3-5-10(7)9/h2,8H,3-6H2,1H3. The van der Waals surface area contributed by atoms with Crippen LogP contribution in [0.3, 0.4) is 0 Å². The molecule has 2 aliphatic heterocycles. The number of hydrogen-bond donors (Lipinski definition) is 1. The number of rotatable bonds is 0. The molecule has 2 rings (SSSR count). The van der Waals surface area contributed by atoms with Crippen molar-refractivity contribution in [1.29, 1.82) is 0 Å². The Bertz CT molecular complexity index is 164. The molecular weight excluding hydrogens is 126 g/mol. The molecule has 1 fully saturated rings. The Morgan fingerprint density at radius 2 is 2.50 bits per heavy atom. The SMILES string of the molecule is CN1CC=C2CNCCN21. The molecule has 56 valence electrons. The molecular formula is C7H13N3. The van der Waals surface area contributed by atoms with Gasteiger partial charge in [-0.2, -0.15) is 0 Å². The van der Waals surface area contributed by atoms with Crippen LogP contribution in [-0.2, 0) is 0 Å². The van der Waals surface area contributed by atoms with E-state index in [1.165, 1.54) is 5.70 Å².